The van der Waals surface area contributed by atoms with Gasteiger partial charge in [-0.1, -0.05) is 13.8 Å². The topological polar surface area (TPSA) is 138 Å². The molecule has 10 heteroatoms. The molecule has 1 aliphatic rings. The van der Waals surface area contributed by atoms with Crippen molar-refractivity contribution in [1.82, 2.24) is 4.98 Å². The quantitative estimate of drug-likeness (QED) is 0.434. The summed E-state index contributed by atoms with van der Waals surface area (Å²) in [5.41, 5.74) is -0.752. The van der Waals surface area contributed by atoms with Gasteiger partial charge in [0.05, 0.1) is 11.7 Å². The first-order valence-electron chi connectivity index (χ1n) is 9.70. The largest absolute Gasteiger partial charge is 0.388 e. The molecule has 0 radical (unpaired) electrons. The van der Waals surface area contributed by atoms with Gasteiger partial charge in [0.25, 0.3) is 0 Å². The molecule has 166 valence electrons. The minimum atomic E-state index is -4.36. The molecule has 0 spiro atoms. The summed E-state index contributed by atoms with van der Waals surface area (Å²) in [5.74, 6) is 0. The molecule has 1 fully saturated rings. The maximum Gasteiger partial charge on any atom is 0.359 e. The lowest BCUT2D eigenvalue weighted by Gasteiger charge is -2.37. The molecular formula is C19H32NO8P. The van der Waals surface area contributed by atoms with E-state index in [2.05, 4.69) is 4.98 Å². The van der Waals surface area contributed by atoms with Crippen LogP contribution in [-0.2, 0) is 18.6 Å². The van der Waals surface area contributed by atoms with Gasteiger partial charge in [0.2, 0.25) is 5.56 Å². The van der Waals surface area contributed by atoms with Crippen molar-refractivity contribution < 1.29 is 33.7 Å². The van der Waals surface area contributed by atoms with Crippen molar-refractivity contribution in [2.75, 3.05) is 7.11 Å². The lowest BCUT2D eigenvalue weighted by molar-refractivity contribution is -0.0531. The van der Waals surface area contributed by atoms with Crippen LogP contribution >= 0.6 is 7.60 Å². The van der Waals surface area contributed by atoms with Crippen LogP contribution in [0.25, 0.3) is 0 Å². The van der Waals surface area contributed by atoms with Gasteiger partial charge in [0.1, 0.15) is 18.3 Å². The molecule has 2 heterocycles. The van der Waals surface area contributed by atoms with Crippen molar-refractivity contribution in [3.05, 3.63) is 34.2 Å². The Balaban J connectivity index is 2.23. The highest BCUT2D eigenvalue weighted by Gasteiger charge is 2.50. The molecule has 0 bridgehead atoms. The van der Waals surface area contributed by atoms with E-state index >= 15 is 0 Å². The Kier molecular flexibility index (Phi) is 7.49. The zero-order chi connectivity index (χ0) is 22.0. The molecule has 9 nitrogen and oxygen atoms in total. The molecular weight excluding hydrogens is 401 g/mol. The highest BCUT2D eigenvalue weighted by molar-refractivity contribution is 7.54. The Hall–Kier alpha value is -1.06. The summed E-state index contributed by atoms with van der Waals surface area (Å²) in [5, 5.41) is 19.1. The molecule has 1 aromatic heterocycles. The van der Waals surface area contributed by atoms with Crippen molar-refractivity contribution in [1.29, 1.82) is 0 Å². The number of rotatable bonds is 9. The zero-order valence-corrected chi connectivity index (χ0v) is 18.4. The average Bonchev–Trinajstić information content (AvgIpc) is 2.97. The number of H-pyrrole nitrogens is 1. The summed E-state index contributed by atoms with van der Waals surface area (Å²) in [6.07, 6.45) is -1.07. The Morgan fingerprint density at radius 3 is 2.41 bits per heavy atom. The van der Waals surface area contributed by atoms with E-state index in [0.717, 1.165) is 0 Å². The summed E-state index contributed by atoms with van der Waals surface area (Å²) in [7, 11) is -2.91. The van der Waals surface area contributed by atoms with Crippen LogP contribution < -0.4 is 5.56 Å². The first-order valence-corrected chi connectivity index (χ1v) is 11.3. The van der Waals surface area contributed by atoms with Gasteiger partial charge < -0.3 is 34.1 Å². The Labute approximate surface area is 170 Å². The van der Waals surface area contributed by atoms with E-state index in [1.54, 1.807) is 26.8 Å². The van der Waals surface area contributed by atoms with E-state index in [1.165, 1.54) is 26.3 Å². The van der Waals surface area contributed by atoms with Crippen molar-refractivity contribution in [3.63, 3.8) is 0 Å². The number of hydrogen-bond acceptors (Lipinski definition) is 7. The molecule has 1 aromatic rings. The van der Waals surface area contributed by atoms with Crippen LogP contribution in [0.4, 0.5) is 0 Å². The van der Waals surface area contributed by atoms with E-state index < -0.39 is 43.0 Å². The molecule has 1 aliphatic heterocycles. The summed E-state index contributed by atoms with van der Waals surface area (Å²) in [4.78, 5) is 24.2. The molecule has 0 aromatic carbocycles. The molecule has 2 rings (SSSR count). The third-order valence-corrected chi connectivity index (χ3v) is 7.97. The molecule has 0 saturated carbocycles. The van der Waals surface area contributed by atoms with Gasteiger partial charge in [0.15, 0.2) is 5.34 Å². The number of aliphatic hydroxyl groups is 2. The number of hydrogen-bond donors (Lipinski definition) is 4. The lowest BCUT2D eigenvalue weighted by Crippen LogP contribution is -2.40. The van der Waals surface area contributed by atoms with Gasteiger partial charge in [-0.2, -0.15) is 0 Å². The minimum absolute atomic E-state index is 0.0448. The molecule has 7 atom stereocenters. The van der Waals surface area contributed by atoms with Gasteiger partial charge in [-0.25, -0.2) is 0 Å². The SMILES string of the molecule is CCC(C)(C[C@H]1O[C@@H](c2ccc(=O)[nH]c2)[C@@H](OC)C1O)OP(=O)(O)C(C)(O)CC. The molecule has 4 N–H and O–H groups in total. The van der Waals surface area contributed by atoms with E-state index in [9.17, 15) is 24.5 Å². The van der Waals surface area contributed by atoms with Crippen LogP contribution in [0.2, 0.25) is 0 Å². The maximum atomic E-state index is 12.7. The summed E-state index contributed by atoms with van der Waals surface area (Å²) < 4.78 is 29.6. The van der Waals surface area contributed by atoms with E-state index in [-0.39, 0.29) is 18.4 Å². The normalized spacial score (nSPS) is 31.0. The molecule has 0 aliphatic carbocycles. The van der Waals surface area contributed by atoms with E-state index in [4.69, 9.17) is 14.0 Å². The van der Waals surface area contributed by atoms with Crippen LogP contribution in [0.15, 0.2) is 23.1 Å². The first-order chi connectivity index (χ1) is 13.4. The third kappa shape index (κ3) is 5.17. The summed E-state index contributed by atoms with van der Waals surface area (Å²) in [6, 6.07) is 2.96. The maximum absolute atomic E-state index is 12.7. The highest BCUT2D eigenvalue weighted by Crippen LogP contribution is 2.59. The van der Waals surface area contributed by atoms with Gasteiger partial charge in [-0.3, -0.25) is 9.36 Å². The molecule has 0 amide bonds. The predicted octanol–water partition coefficient (Wildman–Crippen LogP) is 2.07. The van der Waals surface area contributed by atoms with Crippen LogP contribution in [0.1, 0.15) is 58.6 Å². The highest BCUT2D eigenvalue weighted by atomic mass is 31.2. The number of aromatic nitrogens is 1. The lowest BCUT2D eigenvalue weighted by atomic mass is 9.92. The van der Waals surface area contributed by atoms with Crippen molar-refractivity contribution >= 4 is 7.60 Å². The van der Waals surface area contributed by atoms with Crippen LogP contribution in [0.5, 0.6) is 0 Å². The number of nitrogens with one attached hydrogen (secondary N) is 1. The minimum Gasteiger partial charge on any atom is -0.388 e. The zero-order valence-electron chi connectivity index (χ0n) is 17.5. The van der Waals surface area contributed by atoms with Crippen molar-refractivity contribution in [3.8, 4) is 0 Å². The second-order valence-electron chi connectivity index (χ2n) is 7.96. The van der Waals surface area contributed by atoms with Crippen LogP contribution in [-0.4, -0.2) is 56.5 Å². The number of aromatic amines is 1. The fourth-order valence-electron chi connectivity index (χ4n) is 3.31. The second-order valence-corrected chi connectivity index (χ2v) is 10.1. The Morgan fingerprint density at radius 2 is 1.93 bits per heavy atom. The second kappa shape index (κ2) is 8.98. The number of ether oxygens (including phenoxy) is 2. The fraction of sp³-hybridized carbons (Fsp3) is 0.737. The monoisotopic (exact) mass is 433 g/mol. The molecule has 29 heavy (non-hydrogen) atoms. The predicted molar refractivity (Wildman–Crippen MR) is 107 cm³/mol. The standard InChI is InChI=1S/C19H32NO8P/c1-6-18(3,28-29(24,25)19(4,23)7-2)10-13-15(22)17(26-5)16(27-13)12-8-9-14(21)20-11-12/h8-9,11,13,15-17,22-23H,6-7,10H2,1-5H3,(H,20,21)(H,24,25)/t13-,15?,16+,17+,18?,19?/m1/s1. The Morgan fingerprint density at radius 1 is 1.28 bits per heavy atom. The van der Waals surface area contributed by atoms with Crippen molar-refractivity contribution in [2.45, 2.75) is 82.3 Å². The summed E-state index contributed by atoms with van der Waals surface area (Å²) in [6.45, 7) is 6.29. The van der Waals surface area contributed by atoms with Crippen LogP contribution in [0, 0.1) is 0 Å². The fourth-order valence-corrected chi connectivity index (χ4v) is 4.70. The number of pyridine rings is 1. The van der Waals surface area contributed by atoms with Crippen LogP contribution in [0.3, 0.4) is 0 Å². The first kappa shape index (κ1) is 24.2. The number of aliphatic hydroxyl groups excluding tert-OH is 1. The van der Waals surface area contributed by atoms with Gasteiger partial charge in [-0.05, 0) is 38.3 Å². The third-order valence-electron chi connectivity index (χ3n) is 5.75. The number of methoxy groups -OCH3 is 1. The summed E-state index contributed by atoms with van der Waals surface area (Å²) >= 11 is 0. The Bertz CT molecular complexity index is 776. The van der Waals surface area contributed by atoms with Gasteiger partial charge in [0, 0.05) is 25.8 Å². The van der Waals surface area contributed by atoms with Crippen molar-refractivity contribution in [2.24, 2.45) is 0 Å². The van der Waals surface area contributed by atoms with E-state index in [0.29, 0.717) is 12.0 Å². The smallest absolute Gasteiger partial charge is 0.359 e. The average molecular weight is 433 g/mol. The van der Waals surface area contributed by atoms with E-state index in [1.807, 2.05) is 0 Å². The van der Waals surface area contributed by atoms with Gasteiger partial charge >= 0.3 is 7.60 Å². The molecule has 1 saturated heterocycles. The molecule has 4 unspecified atom stereocenters. The van der Waals surface area contributed by atoms with Gasteiger partial charge in [-0.15, -0.1) is 0 Å².